The number of methoxy groups -OCH3 is 1. The predicted octanol–water partition coefficient (Wildman–Crippen LogP) is 3.15. The van der Waals surface area contributed by atoms with Crippen LogP contribution in [0.1, 0.15) is 24.7 Å². The number of anilines is 1. The second-order valence-electron chi connectivity index (χ2n) is 4.25. The molecule has 5 heteroatoms. The van der Waals surface area contributed by atoms with Gasteiger partial charge in [0.05, 0.1) is 7.11 Å². The third-order valence-corrected chi connectivity index (χ3v) is 3.52. The number of hydrogen-bond donors (Lipinski definition) is 1. The Balaban J connectivity index is 1.85. The van der Waals surface area contributed by atoms with Crippen molar-refractivity contribution in [3.63, 3.8) is 0 Å². The molecule has 0 saturated carbocycles. The zero-order chi connectivity index (χ0) is 13.5. The molecule has 0 aliphatic heterocycles. The standard InChI is InChI=1S/C14H19N3OS/c1-3-6-13-16-14(19-17-13)15-10-9-11-7-4-5-8-12(11)18-2/h4-5,7-8H,3,6,9-10H2,1-2H3,(H,15,16,17). The largest absolute Gasteiger partial charge is 0.496 e. The van der Waals surface area contributed by atoms with Crippen LogP contribution in [0.4, 0.5) is 5.13 Å². The van der Waals surface area contributed by atoms with Crippen LogP contribution in [-0.4, -0.2) is 23.0 Å². The van der Waals surface area contributed by atoms with Crippen LogP contribution >= 0.6 is 11.5 Å². The fraction of sp³-hybridized carbons (Fsp3) is 0.429. The third-order valence-electron chi connectivity index (χ3n) is 2.80. The van der Waals surface area contributed by atoms with Gasteiger partial charge in [0.1, 0.15) is 11.6 Å². The molecule has 1 heterocycles. The molecule has 0 atom stereocenters. The zero-order valence-corrected chi connectivity index (χ0v) is 12.2. The number of benzene rings is 1. The minimum absolute atomic E-state index is 0.834. The van der Waals surface area contributed by atoms with E-state index in [0.717, 1.165) is 42.5 Å². The van der Waals surface area contributed by atoms with Crippen LogP contribution in [0.5, 0.6) is 5.75 Å². The van der Waals surface area contributed by atoms with Crippen molar-refractivity contribution >= 4 is 16.7 Å². The number of aryl methyl sites for hydroxylation is 1. The van der Waals surface area contributed by atoms with Gasteiger partial charge in [0, 0.05) is 24.5 Å². The molecule has 2 rings (SSSR count). The molecule has 4 nitrogen and oxygen atoms in total. The molecule has 0 radical (unpaired) electrons. The van der Waals surface area contributed by atoms with E-state index in [0.29, 0.717) is 0 Å². The summed E-state index contributed by atoms with van der Waals surface area (Å²) in [5.74, 6) is 1.88. The molecule has 0 amide bonds. The Morgan fingerprint density at radius 3 is 2.89 bits per heavy atom. The summed E-state index contributed by atoms with van der Waals surface area (Å²) < 4.78 is 9.64. The zero-order valence-electron chi connectivity index (χ0n) is 11.3. The highest BCUT2D eigenvalue weighted by molar-refractivity contribution is 7.09. The van der Waals surface area contributed by atoms with Crippen molar-refractivity contribution in [2.24, 2.45) is 0 Å². The molecule has 0 aliphatic carbocycles. The van der Waals surface area contributed by atoms with Gasteiger partial charge in [-0.05, 0) is 24.5 Å². The normalized spacial score (nSPS) is 10.4. The molecule has 1 aromatic heterocycles. The Morgan fingerprint density at radius 1 is 1.26 bits per heavy atom. The molecule has 2 aromatic rings. The number of nitrogens with one attached hydrogen (secondary N) is 1. The first-order valence-electron chi connectivity index (χ1n) is 6.52. The lowest BCUT2D eigenvalue weighted by Gasteiger charge is -2.07. The lowest BCUT2D eigenvalue weighted by molar-refractivity contribution is 0.410. The quantitative estimate of drug-likeness (QED) is 0.844. The number of aromatic nitrogens is 2. The average molecular weight is 277 g/mol. The van der Waals surface area contributed by atoms with Crippen molar-refractivity contribution in [1.82, 2.24) is 9.36 Å². The average Bonchev–Trinajstić information content (AvgIpc) is 2.87. The first kappa shape index (κ1) is 13.8. The maximum Gasteiger partial charge on any atom is 0.202 e. The highest BCUT2D eigenvalue weighted by Gasteiger charge is 2.04. The van der Waals surface area contributed by atoms with Gasteiger partial charge in [-0.1, -0.05) is 25.1 Å². The summed E-state index contributed by atoms with van der Waals surface area (Å²) in [6.07, 6.45) is 2.94. The van der Waals surface area contributed by atoms with Crippen LogP contribution in [0.15, 0.2) is 24.3 Å². The van der Waals surface area contributed by atoms with Crippen LogP contribution in [0.2, 0.25) is 0 Å². The van der Waals surface area contributed by atoms with E-state index >= 15 is 0 Å². The first-order chi connectivity index (χ1) is 9.33. The summed E-state index contributed by atoms with van der Waals surface area (Å²) in [4.78, 5) is 4.44. The van der Waals surface area contributed by atoms with Gasteiger partial charge in [0.25, 0.3) is 0 Å². The van der Waals surface area contributed by atoms with E-state index < -0.39 is 0 Å². The molecule has 0 spiro atoms. The Hall–Kier alpha value is -1.62. The maximum atomic E-state index is 5.33. The highest BCUT2D eigenvalue weighted by Crippen LogP contribution is 2.18. The van der Waals surface area contributed by atoms with E-state index in [1.54, 1.807) is 7.11 Å². The first-order valence-corrected chi connectivity index (χ1v) is 7.29. The number of rotatable bonds is 7. The molecule has 1 aromatic carbocycles. The van der Waals surface area contributed by atoms with Crippen molar-refractivity contribution < 1.29 is 4.74 Å². The summed E-state index contributed by atoms with van der Waals surface area (Å²) in [5, 5.41) is 4.21. The van der Waals surface area contributed by atoms with Crippen LogP contribution in [0, 0.1) is 0 Å². The molecular weight excluding hydrogens is 258 g/mol. The van der Waals surface area contributed by atoms with Gasteiger partial charge < -0.3 is 10.1 Å². The molecule has 0 unspecified atom stereocenters. The number of nitrogens with zero attached hydrogens (tertiary/aromatic N) is 2. The Labute approximate surface area is 118 Å². The molecule has 0 bridgehead atoms. The van der Waals surface area contributed by atoms with Gasteiger partial charge in [-0.2, -0.15) is 4.37 Å². The topological polar surface area (TPSA) is 47.0 Å². The van der Waals surface area contributed by atoms with Gasteiger partial charge in [0.15, 0.2) is 0 Å². The van der Waals surface area contributed by atoms with Crippen molar-refractivity contribution in [2.45, 2.75) is 26.2 Å². The van der Waals surface area contributed by atoms with Gasteiger partial charge >= 0.3 is 0 Å². The number of ether oxygens (including phenoxy) is 1. The van der Waals surface area contributed by atoms with Gasteiger partial charge in [-0.15, -0.1) is 0 Å². The summed E-state index contributed by atoms with van der Waals surface area (Å²) >= 11 is 1.43. The van der Waals surface area contributed by atoms with E-state index in [-0.39, 0.29) is 0 Å². The molecule has 0 saturated heterocycles. The lowest BCUT2D eigenvalue weighted by atomic mass is 10.1. The summed E-state index contributed by atoms with van der Waals surface area (Å²) in [6.45, 7) is 2.97. The van der Waals surface area contributed by atoms with E-state index in [4.69, 9.17) is 4.74 Å². The molecule has 0 fully saturated rings. The molecule has 0 aliphatic rings. The predicted molar refractivity (Wildman–Crippen MR) is 79.1 cm³/mol. The van der Waals surface area contributed by atoms with E-state index in [1.165, 1.54) is 17.1 Å². The van der Waals surface area contributed by atoms with Crippen LogP contribution in [0.3, 0.4) is 0 Å². The number of hydrogen-bond acceptors (Lipinski definition) is 5. The second kappa shape index (κ2) is 7.09. The Morgan fingerprint density at radius 2 is 2.11 bits per heavy atom. The smallest absolute Gasteiger partial charge is 0.202 e. The fourth-order valence-corrected chi connectivity index (χ4v) is 2.50. The molecule has 19 heavy (non-hydrogen) atoms. The van der Waals surface area contributed by atoms with Crippen LogP contribution in [-0.2, 0) is 12.8 Å². The number of para-hydroxylation sites is 1. The monoisotopic (exact) mass is 277 g/mol. The highest BCUT2D eigenvalue weighted by atomic mass is 32.1. The lowest BCUT2D eigenvalue weighted by Crippen LogP contribution is -2.05. The summed E-state index contributed by atoms with van der Waals surface area (Å²) in [7, 11) is 1.70. The molecule has 1 N–H and O–H groups in total. The Bertz CT molecular complexity index is 513. The van der Waals surface area contributed by atoms with Crippen LogP contribution < -0.4 is 10.1 Å². The van der Waals surface area contributed by atoms with Gasteiger partial charge in [-0.25, -0.2) is 4.98 Å². The second-order valence-corrected chi connectivity index (χ2v) is 5.01. The SMILES string of the molecule is CCCc1nsc(NCCc2ccccc2OC)n1. The van der Waals surface area contributed by atoms with Gasteiger partial charge in [0.2, 0.25) is 5.13 Å². The van der Waals surface area contributed by atoms with Gasteiger partial charge in [-0.3, -0.25) is 0 Å². The van der Waals surface area contributed by atoms with Crippen molar-refractivity contribution in [1.29, 1.82) is 0 Å². The maximum absolute atomic E-state index is 5.33. The van der Waals surface area contributed by atoms with Crippen molar-refractivity contribution in [3.8, 4) is 5.75 Å². The minimum atomic E-state index is 0.834. The summed E-state index contributed by atoms with van der Waals surface area (Å²) in [6, 6.07) is 8.09. The van der Waals surface area contributed by atoms with E-state index in [1.807, 2.05) is 18.2 Å². The Kier molecular flexibility index (Phi) is 5.15. The van der Waals surface area contributed by atoms with Crippen molar-refractivity contribution in [3.05, 3.63) is 35.7 Å². The van der Waals surface area contributed by atoms with E-state index in [2.05, 4.69) is 27.7 Å². The van der Waals surface area contributed by atoms with Crippen LogP contribution in [0.25, 0.3) is 0 Å². The van der Waals surface area contributed by atoms with E-state index in [9.17, 15) is 0 Å². The minimum Gasteiger partial charge on any atom is -0.496 e. The summed E-state index contributed by atoms with van der Waals surface area (Å²) in [5.41, 5.74) is 1.20. The van der Waals surface area contributed by atoms with Crippen molar-refractivity contribution in [2.75, 3.05) is 19.0 Å². The third kappa shape index (κ3) is 3.92. The molecular formula is C14H19N3OS. The fourth-order valence-electron chi connectivity index (χ4n) is 1.86. The molecule has 102 valence electrons.